The molecule has 11 nitrogen and oxygen atoms in total. The van der Waals surface area contributed by atoms with E-state index < -0.39 is 12.1 Å². The van der Waals surface area contributed by atoms with Gasteiger partial charge in [-0.3, -0.25) is 9.08 Å². The van der Waals surface area contributed by atoms with Crippen LogP contribution in [0.15, 0.2) is 40.9 Å². The molecule has 0 radical (unpaired) electrons. The molecule has 0 saturated carbocycles. The standard InChI is InChI=1S/C24H26ClN9S.C2HF3O2/c25-19-17(4-7-29-22(19)27)35-18-11-30-23(16-10-28-13-33(16)18)32-8-5-24(6-9-32)12-34-20(21(24)26)14-2-1-3-15(14)31-34;3-2(4,5)1(6)7/h4,7,10-11,13,21H,1-3,5-6,8-9,12,26H2,(H2,27,29);(H,6,7)/t21-;/m1./s1. The number of aryl methyl sites for hydroxylation is 1. The fourth-order valence-corrected chi connectivity index (χ4v) is 7.22. The number of piperidine rings is 1. The van der Waals surface area contributed by atoms with E-state index in [9.17, 15) is 13.2 Å². The zero-order valence-electron chi connectivity index (χ0n) is 22.2. The number of pyridine rings is 1. The van der Waals surface area contributed by atoms with Crippen LogP contribution in [0, 0.1) is 5.41 Å². The third-order valence-corrected chi connectivity index (χ3v) is 9.82. The van der Waals surface area contributed by atoms with E-state index in [4.69, 9.17) is 43.1 Å². The van der Waals surface area contributed by atoms with Crippen molar-refractivity contribution in [3.8, 4) is 0 Å². The third kappa shape index (κ3) is 4.92. The van der Waals surface area contributed by atoms with Gasteiger partial charge in [0, 0.05) is 36.1 Å². The normalized spacial score (nSPS) is 19.1. The average molecular weight is 622 g/mol. The van der Waals surface area contributed by atoms with Gasteiger partial charge in [0.25, 0.3) is 0 Å². The van der Waals surface area contributed by atoms with E-state index in [0.717, 1.165) is 66.6 Å². The van der Waals surface area contributed by atoms with Crippen LogP contribution in [0.25, 0.3) is 5.52 Å². The molecule has 222 valence electrons. The number of halogens is 4. The van der Waals surface area contributed by atoms with Gasteiger partial charge >= 0.3 is 12.1 Å². The highest BCUT2D eigenvalue weighted by atomic mass is 35.5. The number of fused-ring (bicyclic) bond motifs is 4. The Morgan fingerprint density at radius 3 is 2.64 bits per heavy atom. The second kappa shape index (κ2) is 10.6. The number of rotatable bonds is 3. The van der Waals surface area contributed by atoms with Crippen molar-refractivity contribution in [2.24, 2.45) is 11.1 Å². The summed E-state index contributed by atoms with van der Waals surface area (Å²) in [5, 5.41) is 13.4. The van der Waals surface area contributed by atoms with E-state index >= 15 is 0 Å². The van der Waals surface area contributed by atoms with Gasteiger partial charge in [-0.1, -0.05) is 23.4 Å². The maximum atomic E-state index is 10.6. The summed E-state index contributed by atoms with van der Waals surface area (Å²) < 4.78 is 36.0. The summed E-state index contributed by atoms with van der Waals surface area (Å²) in [6.45, 7) is 2.76. The van der Waals surface area contributed by atoms with Crippen molar-refractivity contribution in [1.82, 2.24) is 29.1 Å². The number of nitrogen functional groups attached to an aromatic ring is 1. The summed E-state index contributed by atoms with van der Waals surface area (Å²) in [5.41, 5.74) is 17.9. The van der Waals surface area contributed by atoms with Crippen molar-refractivity contribution in [2.45, 2.75) is 60.8 Å². The lowest BCUT2D eigenvalue weighted by atomic mass is 9.73. The van der Waals surface area contributed by atoms with Gasteiger partial charge in [0.2, 0.25) is 0 Å². The number of hydrogen-bond acceptors (Lipinski definition) is 9. The van der Waals surface area contributed by atoms with Crippen LogP contribution in [0.2, 0.25) is 5.02 Å². The maximum absolute atomic E-state index is 10.6. The number of aliphatic carboxylic acids is 1. The molecule has 0 aromatic carbocycles. The summed E-state index contributed by atoms with van der Waals surface area (Å²) >= 11 is 7.87. The summed E-state index contributed by atoms with van der Waals surface area (Å²) in [5.74, 6) is -1.48. The molecule has 4 aromatic rings. The molecule has 42 heavy (non-hydrogen) atoms. The van der Waals surface area contributed by atoms with E-state index in [1.165, 1.54) is 35.1 Å². The molecule has 0 amide bonds. The van der Waals surface area contributed by atoms with E-state index in [0.29, 0.717) is 10.8 Å². The van der Waals surface area contributed by atoms with E-state index in [2.05, 4.69) is 24.0 Å². The van der Waals surface area contributed by atoms with Crippen molar-refractivity contribution in [3.63, 3.8) is 0 Å². The first kappa shape index (κ1) is 28.6. The molecular weight excluding hydrogens is 595 g/mol. The quantitative estimate of drug-likeness (QED) is 0.304. The topological polar surface area (TPSA) is 153 Å². The lowest BCUT2D eigenvalue weighted by molar-refractivity contribution is -0.192. The van der Waals surface area contributed by atoms with Crippen molar-refractivity contribution in [3.05, 3.63) is 53.0 Å². The van der Waals surface area contributed by atoms with Crippen LogP contribution in [0.3, 0.4) is 0 Å². The van der Waals surface area contributed by atoms with Crippen LogP contribution in [-0.4, -0.2) is 59.5 Å². The van der Waals surface area contributed by atoms with E-state index in [-0.39, 0.29) is 11.5 Å². The molecule has 4 aromatic heterocycles. The van der Waals surface area contributed by atoms with Gasteiger partial charge in [0.05, 0.1) is 34.8 Å². The fraction of sp³-hybridized carbons (Fsp3) is 0.423. The van der Waals surface area contributed by atoms with Gasteiger partial charge < -0.3 is 21.5 Å². The molecule has 0 bridgehead atoms. The Labute approximate surface area is 247 Å². The maximum Gasteiger partial charge on any atom is 0.490 e. The van der Waals surface area contributed by atoms with Crippen LogP contribution >= 0.6 is 23.4 Å². The van der Waals surface area contributed by atoms with Gasteiger partial charge in [0.15, 0.2) is 5.82 Å². The minimum Gasteiger partial charge on any atom is -0.475 e. The number of anilines is 2. The first-order valence-corrected chi connectivity index (χ1v) is 14.5. The molecule has 5 N–H and O–H groups in total. The molecule has 1 atom stereocenters. The molecule has 3 aliphatic rings. The predicted octanol–water partition coefficient (Wildman–Crippen LogP) is 4.13. The zero-order valence-corrected chi connectivity index (χ0v) is 23.8. The molecule has 0 unspecified atom stereocenters. The largest absolute Gasteiger partial charge is 0.490 e. The zero-order chi connectivity index (χ0) is 29.8. The smallest absolute Gasteiger partial charge is 0.475 e. The summed E-state index contributed by atoms with van der Waals surface area (Å²) in [6, 6.07) is 1.92. The number of carboxylic acid groups (broad SMARTS) is 1. The summed E-state index contributed by atoms with van der Waals surface area (Å²) in [4.78, 5) is 25.4. The number of nitrogens with two attached hydrogens (primary N) is 2. The predicted molar refractivity (Wildman–Crippen MR) is 150 cm³/mol. The number of imidazole rings is 1. The van der Waals surface area contributed by atoms with Crippen LogP contribution in [0.4, 0.5) is 24.8 Å². The molecule has 1 saturated heterocycles. The summed E-state index contributed by atoms with van der Waals surface area (Å²) in [6.07, 6.45) is 7.64. The first-order chi connectivity index (χ1) is 20.0. The number of carbonyl (C=O) groups is 1. The molecule has 1 fully saturated rings. The lowest BCUT2D eigenvalue weighted by Gasteiger charge is -2.42. The average Bonchev–Trinajstić information content (AvgIpc) is 3.71. The van der Waals surface area contributed by atoms with Gasteiger partial charge in [-0.25, -0.2) is 19.7 Å². The molecule has 16 heteroatoms. The Morgan fingerprint density at radius 1 is 1.19 bits per heavy atom. The van der Waals surface area contributed by atoms with E-state index in [1.54, 1.807) is 6.20 Å². The Morgan fingerprint density at radius 2 is 1.93 bits per heavy atom. The Kier molecular flexibility index (Phi) is 7.22. The highest BCUT2D eigenvalue weighted by molar-refractivity contribution is 7.99. The molecule has 7 rings (SSSR count). The van der Waals surface area contributed by atoms with Gasteiger partial charge in [0.1, 0.15) is 22.7 Å². The number of nitrogens with zero attached hydrogens (tertiary/aromatic N) is 7. The number of alkyl halides is 3. The summed E-state index contributed by atoms with van der Waals surface area (Å²) in [7, 11) is 0. The highest BCUT2D eigenvalue weighted by Gasteiger charge is 2.49. The SMILES string of the molecule is Nc1nccc(Sc2cnc(N3CCC4(CC3)Cn3nc5c(c3[C@H]4N)CCC5)c3cncn23)c1Cl.O=C(O)C(F)(F)F. The molecular formula is C26H27ClF3N9O2S. The second-order valence-electron chi connectivity index (χ2n) is 10.6. The monoisotopic (exact) mass is 621 g/mol. The first-order valence-electron chi connectivity index (χ1n) is 13.3. The molecule has 2 aliphatic heterocycles. The second-order valence-corrected chi connectivity index (χ2v) is 12.1. The van der Waals surface area contributed by atoms with Crippen LogP contribution in [0.1, 0.15) is 42.3 Å². The van der Waals surface area contributed by atoms with E-state index in [1.807, 2.05) is 24.8 Å². The Bertz CT molecular complexity index is 1670. The van der Waals surface area contributed by atoms with Crippen LogP contribution < -0.4 is 16.4 Å². The number of hydrogen-bond donors (Lipinski definition) is 3. The number of carboxylic acids is 1. The van der Waals surface area contributed by atoms with Gasteiger partial charge in [-0.05, 0) is 43.7 Å². The third-order valence-electron chi connectivity index (χ3n) is 8.24. The molecule has 1 aliphatic carbocycles. The highest BCUT2D eigenvalue weighted by Crippen LogP contribution is 2.50. The minimum absolute atomic E-state index is 0.0678. The van der Waals surface area contributed by atoms with Crippen molar-refractivity contribution >= 4 is 46.5 Å². The van der Waals surface area contributed by atoms with Gasteiger partial charge in [-0.15, -0.1) is 0 Å². The molecule has 6 heterocycles. The van der Waals surface area contributed by atoms with Crippen LogP contribution in [-0.2, 0) is 24.2 Å². The Hall–Kier alpha value is -3.56. The van der Waals surface area contributed by atoms with Crippen LogP contribution in [0.5, 0.6) is 0 Å². The minimum atomic E-state index is -5.08. The van der Waals surface area contributed by atoms with Crippen molar-refractivity contribution < 1.29 is 23.1 Å². The Balaban J connectivity index is 0.000000405. The van der Waals surface area contributed by atoms with Crippen molar-refractivity contribution in [1.29, 1.82) is 0 Å². The van der Waals surface area contributed by atoms with Gasteiger partial charge in [-0.2, -0.15) is 18.3 Å². The molecule has 1 spiro atoms. The van der Waals surface area contributed by atoms with Crippen molar-refractivity contribution in [2.75, 3.05) is 23.7 Å². The fourth-order valence-electron chi connectivity index (χ4n) is 6.09. The lowest BCUT2D eigenvalue weighted by Crippen LogP contribution is -2.45. The number of aromatic nitrogens is 6.